The SMILES string of the molecule is CC(=O)N1CCCN(Cc2cc([N+](=O)[O-])ccc2Cl)CC1. The molecular weight excluding hydrogens is 294 g/mol. The largest absolute Gasteiger partial charge is 0.342 e. The van der Waals surface area contributed by atoms with Crippen molar-refractivity contribution in [3.05, 3.63) is 38.9 Å². The van der Waals surface area contributed by atoms with E-state index in [2.05, 4.69) is 4.90 Å². The first-order chi connectivity index (χ1) is 9.97. The molecule has 0 aliphatic carbocycles. The molecule has 2 rings (SSSR count). The summed E-state index contributed by atoms with van der Waals surface area (Å²) in [7, 11) is 0. The number of benzene rings is 1. The lowest BCUT2D eigenvalue weighted by molar-refractivity contribution is -0.384. The van der Waals surface area contributed by atoms with Gasteiger partial charge in [0.15, 0.2) is 0 Å². The van der Waals surface area contributed by atoms with Crippen LogP contribution in [0.1, 0.15) is 18.9 Å². The first kappa shape index (κ1) is 15.7. The zero-order valence-corrected chi connectivity index (χ0v) is 12.7. The summed E-state index contributed by atoms with van der Waals surface area (Å²) in [4.78, 5) is 25.8. The molecule has 1 aromatic rings. The van der Waals surface area contributed by atoms with Crippen LogP contribution >= 0.6 is 11.6 Å². The maximum atomic E-state index is 11.4. The lowest BCUT2D eigenvalue weighted by atomic mass is 10.2. The number of hydrogen-bond acceptors (Lipinski definition) is 4. The van der Waals surface area contributed by atoms with Crippen LogP contribution in [0.4, 0.5) is 5.69 Å². The predicted molar refractivity (Wildman–Crippen MR) is 80.3 cm³/mol. The number of carbonyl (C=O) groups is 1. The smallest absolute Gasteiger partial charge is 0.269 e. The number of carbonyl (C=O) groups excluding carboxylic acids is 1. The topological polar surface area (TPSA) is 66.7 Å². The summed E-state index contributed by atoms with van der Waals surface area (Å²) in [6.07, 6.45) is 0.895. The molecule has 0 unspecified atom stereocenters. The Morgan fingerprint density at radius 1 is 1.33 bits per heavy atom. The third-order valence-electron chi connectivity index (χ3n) is 3.67. The highest BCUT2D eigenvalue weighted by Crippen LogP contribution is 2.23. The van der Waals surface area contributed by atoms with E-state index in [-0.39, 0.29) is 11.6 Å². The second-order valence-corrected chi connectivity index (χ2v) is 5.58. The maximum Gasteiger partial charge on any atom is 0.269 e. The fraction of sp³-hybridized carbons (Fsp3) is 0.500. The summed E-state index contributed by atoms with van der Waals surface area (Å²) < 4.78 is 0. The quantitative estimate of drug-likeness (QED) is 0.634. The van der Waals surface area contributed by atoms with E-state index in [1.807, 2.05) is 4.90 Å². The number of rotatable bonds is 3. The van der Waals surface area contributed by atoms with E-state index in [0.29, 0.717) is 18.1 Å². The Kier molecular flexibility index (Phi) is 5.14. The molecule has 0 spiro atoms. The van der Waals surface area contributed by atoms with Crippen LogP contribution in [0.15, 0.2) is 18.2 Å². The Balaban J connectivity index is 2.06. The predicted octanol–water partition coefficient (Wildman–Crippen LogP) is 2.30. The average molecular weight is 312 g/mol. The molecule has 1 heterocycles. The van der Waals surface area contributed by atoms with Gasteiger partial charge in [0.25, 0.3) is 5.69 Å². The van der Waals surface area contributed by atoms with Crippen molar-refractivity contribution in [1.82, 2.24) is 9.80 Å². The summed E-state index contributed by atoms with van der Waals surface area (Å²) >= 11 is 6.13. The van der Waals surface area contributed by atoms with Crippen molar-refractivity contribution in [3.63, 3.8) is 0 Å². The van der Waals surface area contributed by atoms with Crippen molar-refractivity contribution in [2.45, 2.75) is 19.9 Å². The second kappa shape index (κ2) is 6.87. The molecule has 0 radical (unpaired) electrons. The Hall–Kier alpha value is -1.66. The molecule has 21 heavy (non-hydrogen) atoms. The minimum atomic E-state index is -0.417. The Bertz CT molecular complexity index is 550. The normalized spacial score (nSPS) is 16.6. The molecule has 114 valence electrons. The second-order valence-electron chi connectivity index (χ2n) is 5.17. The number of non-ortho nitro benzene ring substituents is 1. The molecule has 0 saturated carbocycles. The zero-order valence-electron chi connectivity index (χ0n) is 11.9. The number of nitrogens with zero attached hydrogens (tertiary/aromatic N) is 3. The van der Waals surface area contributed by atoms with Crippen molar-refractivity contribution >= 4 is 23.2 Å². The van der Waals surface area contributed by atoms with E-state index in [1.54, 1.807) is 13.0 Å². The van der Waals surface area contributed by atoms with Gasteiger partial charge >= 0.3 is 0 Å². The molecule has 0 aromatic heterocycles. The molecule has 7 heteroatoms. The van der Waals surface area contributed by atoms with E-state index in [9.17, 15) is 14.9 Å². The van der Waals surface area contributed by atoms with Crippen LogP contribution in [0.2, 0.25) is 5.02 Å². The van der Waals surface area contributed by atoms with E-state index in [0.717, 1.165) is 31.6 Å². The first-order valence-electron chi connectivity index (χ1n) is 6.88. The fourth-order valence-electron chi connectivity index (χ4n) is 2.48. The summed E-state index contributed by atoms with van der Waals surface area (Å²) in [6.45, 7) is 5.18. The van der Waals surface area contributed by atoms with E-state index in [1.165, 1.54) is 12.1 Å². The van der Waals surface area contributed by atoms with Gasteiger partial charge in [-0.25, -0.2) is 0 Å². The lowest BCUT2D eigenvalue weighted by Crippen LogP contribution is -2.33. The molecule has 1 aromatic carbocycles. The molecular formula is C14H18ClN3O3. The van der Waals surface area contributed by atoms with Crippen molar-refractivity contribution in [2.75, 3.05) is 26.2 Å². The highest BCUT2D eigenvalue weighted by atomic mass is 35.5. The third-order valence-corrected chi connectivity index (χ3v) is 4.04. The van der Waals surface area contributed by atoms with Crippen LogP contribution in [0.25, 0.3) is 0 Å². The van der Waals surface area contributed by atoms with Crippen molar-refractivity contribution in [2.24, 2.45) is 0 Å². The van der Waals surface area contributed by atoms with Gasteiger partial charge in [-0.2, -0.15) is 0 Å². The van der Waals surface area contributed by atoms with Gasteiger partial charge in [-0.15, -0.1) is 0 Å². The average Bonchev–Trinajstić information content (AvgIpc) is 2.66. The van der Waals surface area contributed by atoms with Crippen LogP contribution in [0.3, 0.4) is 0 Å². The number of hydrogen-bond donors (Lipinski definition) is 0. The Morgan fingerprint density at radius 2 is 2.10 bits per heavy atom. The minimum Gasteiger partial charge on any atom is -0.342 e. The van der Waals surface area contributed by atoms with Gasteiger partial charge in [-0.05, 0) is 18.1 Å². The summed E-state index contributed by atoms with van der Waals surface area (Å²) in [5.41, 5.74) is 0.803. The van der Waals surface area contributed by atoms with Crippen LogP contribution in [0.5, 0.6) is 0 Å². The van der Waals surface area contributed by atoms with Crippen LogP contribution in [-0.4, -0.2) is 46.8 Å². The Morgan fingerprint density at radius 3 is 2.76 bits per heavy atom. The molecule has 1 saturated heterocycles. The monoisotopic (exact) mass is 311 g/mol. The third kappa shape index (κ3) is 4.15. The summed E-state index contributed by atoms with van der Waals surface area (Å²) in [5.74, 6) is 0.0882. The molecule has 0 bridgehead atoms. The molecule has 0 N–H and O–H groups in total. The number of nitro groups is 1. The van der Waals surface area contributed by atoms with Gasteiger partial charge in [0.2, 0.25) is 5.91 Å². The molecule has 0 atom stereocenters. The molecule has 6 nitrogen and oxygen atoms in total. The molecule has 1 amide bonds. The number of nitro benzene ring substituents is 1. The van der Waals surface area contributed by atoms with Gasteiger partial charge in [0.1, 0.15) is 0 Å². The van der Waals surface area contributed by atoms with E-state index in [4.69, 9.17) is 11.6 Å². The maximum absolute atomic E-state index is 11.4. The van der Waals surface area contributed by atoms with Gasteiger partial charge in [0, 0.05) is 56.8 Å². The van der Waals surface area contributed by atoms with Gasteiger partial charge < -0.3 is 4.90 Å². The van der Waals surface area contributed by atoms with E-state index < -0.39 is 4.92 Å². The van der Waals surface area contributed by atoms with Crippen LogP contribution in [0, 0.1) is 10.1 Å². The zero-order chi connectivity index (χ0) is 15.4. The van der Waals surface area contributed by atoms with Crippen molar-refractivity contribution in [3.8, 4) is 0 Å². The van der Waals surface area contributed by atoms with Crippen molar-refractivity contribution in [1.29, 1.82) is 0 Å². The van der Waals surface area contributed by atoms with E-state index >= 15 is 0 Å². The highest BCUT2D eigenvalue weighted by molar-refractivity contribution is 6.31. The fourth-order valence-corrected chi connectivity index (χ4v) is 2.66. The lowest BCUT2D eigenvalue weighted by Gasteiger charge is -2.21. The minimum absolute atomic E-state index is 0.0505. The number of halogens is 1. The Labute approximate surface area is 128 Å². The molecule has 1 fully saturated rings. The van der Waals surface area contributed by atoms with Crippen molar-refractivity contribution < 1.29 is 9.72 Å². The van der Waals surface area contributed by atoms with Crippen LogP contribution < -0.4 is 0 Å². The van der Waals surface area contributed by atoms with Crippen LogP contribution in [-0.2, 0) is 11.3 Å². The summed E-state index contributed by atoms with van der Waals surface area (Å²) in [6, 6.07) is 4.50. The van der Waals surface area contributed by atoms with Gasteiger partial charge in [0.05, 0.1) is 4.92 Å². The van der Waals surface area contributed by atoms with Gasteiger partial charge in [-0.3, -0.25) is 19.8 Å². The molecule has 1 aliphatic heterocycles. The summed E-state index contributed by atoms with van der Waals surface area (Å²) in [5, 5.41) is 11.4. The highest BCUT2D eigenvalue weighted by Gasteiger charge is 2.18. The van der Waals surface area contributed by atoms with Gasteiger partial charge in [-0.1, -0.05) is 11.6 Å². The number of amides is 1. The first-order valence-corrected chi connectivity index (χ1v) is 7.26. The molecule has 1 aliphatic rings. The standard InChI is InChI=1S/C14H18ClN3O3/c1-11(19)17-6-2-5-16(7-8-17)10-12-9-13(18(20)21)3-4-14(12)15/h3-4,9H,2,5-8,10H2,1H3.